The lowest BCUT2D eigenvalue weighted by molar-refractivity contribution is -0.137. The van der Waals surface area contributed by atoms with Crippen LogP contribution in [0.3, 0.4) is 0 Å². The van der Waals surface area contributed by atoms with Crippen LogP contribution in [0.4, 0.5) is 4.39 Å². The summed E-state index contributed by atoms with van der Waals surface area (Å²) < 4.78 is 20.3. The van der Waals surface area contributed by atoms with Gasteiger partial charge in [-0.2, -0.15) is 0 Å². The predicted octanol–water partition coefficient (Wildman–Crippen LogP) is 3.57. The van der Waals surface area contributed by atoms with Gasteiger partial charge in [0.05, 0.1) is 25.3 Å². The van der Waals surface area contributed by atoms with Gasteiger partial charge in [-0.1, -0.05) is 0 Å². The molecular weight excluding hydrogens is 387 g/mol. The molecule has 0 unspecified atom stereocenters. The highest BCUT2D eigenvalue weighted by Crippen LogP contribution is 2.39. The maximum atomic E-state index is 13.5. The minimum absolute atomic E-state index is 0.256. The van der Waals surface area contributed by atoms with Crippen molar-refractivity contribution in [3.8, 4) is 16.9 Å². The number of ether oxygens (including phenoxy) is 1. The van der Waals surface area contributed by atoms with Gasteiger partial charge in [0.15, 0.2) is 0 Å². The monoisotopic (exact) mass is 406 g/mol. The summed E-state index contributed by atoms with van der Waals surface area (Å²) in [5.74, 6) is -0.794. The van der Waals surface area contributed by atoms with Crippen molar-refractivity contribution >= 4 is 11.7 Å². The Balaban J connectivity index is 2.07. The highest BCUT2D eigenvalue weighted by Gasteiger charge is 2.27. The SMILES string of the molecule is COc1ccc2c(c1)-c1cn(C)c(=O)cc1[C@H](CC(=O)O)N=C2c1ccc(F)cc1. The van der Waals surface area contributed by atoms with Crippen molar-refractivity contribution in [2.45, 2.75) is 12.5 Å². The van der Waals surface area contributed by atoms with Crippen LogP contribution >= 0.6 is 0 Å². The fraction of sp³-hybridized carbons (Fsp3) is 0.174. The molecule has 0 radical (unpaired) electrons. The molecule has 1 N–H and O–H groups in total. The predicted molar refractivity (Wildman–Crippen MR) is 111 cm³/mol. The highest BCUT2D eigenvalue weighted by atomic mass is 19.1. The molecule has 1 atom stereocenters. The van der Waals surface area contributed by atoms with Crippen LogP contribution in [0.15, 0.2) is 64.5 Å². The first-order chi connectivity index (χ1) is 14.4. The normalized spacial score (nSPS) is 14.9. The van der Waals surface area contributed by atoms with Crippen LogP contribution in [0.1, 0.15) is 29.2 Å². The third-order valence-corrected chi connectivity index (χ3v) is 5.16. The van der Waals surface area contributed by atoms with Gasteiger partial charge in [-0.15, -0.1) is 0 Å². The number of pyridine rings is 1. The molecule has 0 saturated carbocycles. The van der Waals surface area contributed by atoms with E-state index in [9.17, 15) is 19.1 Å². The summed E-state index contributed by atoms with van der Waals surface area (Å²) in [6, 6.07) is 12.0. The van der Waals surface area contributed by atoms with Crippen LogP contribution in [0.2, 0.25) is 0 Å². The van der Waals surface area contributed by atoms with E-state index in [0.717, 1.165) is 11.1 Å². The van der Waals surface area contributed by atoms with Crippen molar-refractivity contribution in [2.75, 3.05) is 7.11 Å². The van der Waals surface area contributed by atoms with Gasteiger partial charge in [-0.05, 0) is 53.6 Å². The fourth-order valence-electron chi connectivity index (χ4n) is 3.68. The Morgan fingerprint density at radius 3 is 2.53 bits per heavy atom. The number of nitrogens with zero attached hydrogens (tertiary/aromatic N) is 2. The lowest BCUT2D eigenvalue weighted by Gasteiger charge is -2.15. The molecule has 152 valence electrons. The maximum absolute atomic E-state index is 13.5. The van der Waals surface area contributed by atoms with Gasteiger partial charge in [0, 0.05) is 36.0 Å². The number of aryl methyl sites for hydroxylation is 1. The maximum Gasteiger partial charge on any atom is 0.305 e. The number of carboxylic acids is 1. The zero-order valence-corrected chi connectivity index (χ0v) is 16.4. The van der Waals surface area contributed by atoms with E-state index in [1.165, 1.54) is 22.8 Å². The molecule has 0 bridgehead atoms. The molecule has 1 aliphatic rings. The van der Waals surface area contributed by atoms with E-state index in [0.29, 0.717) is 28.2 Å². The molecule has 0 spiro atoms. The van der Waals surface area contributed by atoms with Crippen molar-refractivity contribution in [1.29, 1.82) is 0 Å². The summed E-state index contributed by atoms with van der Waals surface area (Å²) in [6.07, 6.45) is 1.41. The van der Waals surface area contributed by atoms with Crippen molar-refractivity contribution in [3.63, 3.8) is 0 Å². The molecule has 6 nitrogen and oxygen atoms in total. The topological polar surface area (TPSA) is 80.9 Å². The molecule has 0 fully saturated rings. The second-order valence-corrected chi connectivity index (χ2v) is 7.10. The molecular formula is C23H19FN2O4. The van der Waals surface area contributed by atoms with E-state index in [1.807, 2.05) is 12.1 Å². The Kier molecular flexibility index (Phi) is 4.95. The number of aromatic nitrogens is 1. The summed E-state index contributed by atoms with van der Waals surface area (Å²) in [4.78, 5) is 28.7. The Morgan fingerprint density at radius 1 is 1.13 bits per heavy atom. The lowest BCUT2D eigenvalue weighted by Crippen LogP contribution is -2.18. The first-order valence-corrected chi connectivity index (χ1v) is 9.32. The van der Waals surface area contributed by atoms with Gasteiger partial charge in [0.25, 0.3) is 5.56 Å². The van der Waals surface area contributed by atoms with Crippen molar-refractivity contribution in [3.05, 3.63) is 87.6 Å². The molecule has 7 heteroatoms. The number of carbonyl (C=O) groups is 1. The minimum Gasteiger partial charge on any atom is -0.497 e. The van der Waals surface area contributed by atoms with Gasteiger partial charge in [0.2, 0.25) is 0 Å². The number of rotatable bonds is 4. The molecule has 0 saturated heterocycles. The average Bonchev–Trinajstić information content (AvgIpc) is 2.84. The van der Waals surface area contributed by atoms with Crippen LogP contribution in [0.25, 0.3) is 11.1 Å². The number of benzene rings is 2. The van der Waals surface area contributed by atoms with Crippen LogP contribution in [-0.4, -0.2) is 28.5 Å². The molecule has 1 aromatic heterocycles. The second-order valence-electron chi connectivity index (χ2n) is 7.10. The van der Waals surface area contributed by atoms with Gasteiger partial charge >= 0.3 is 5.97 Å². The van der Waals surface area contributed by atoms with Gasteiger partial charge in [-0.3, -0.25) is 14.6 Å². The quantitative estimate of drug-likeness (QED) is 0.718. The standard InChI is InChI=1S/C23H19FN2O4/c1-26-12-19-17-9-15(30-2)7-8-16(17)23(13-3-5-14(24)6-4-13)25-20(11-22(28)29)18(19)10-21(26)27/h3-10,12,20H,11H2,1-2H3,(H,28,29)/t20-/m0/s1. The number of hydrogen-bond donors (Lipinski definition) is 1. The summed E-state index contributed by atoms with van der Waals surface area (Å²) in [6.45, 7) is 0. The Morgan fingerprint density at radius 2 is 1.87 bits per heavy atom. The van der Waals surface area contributed by atoms with Gasteiger partial charge in [0.1, 0.15) is 11.6 Å². The third-order valence-electron chi connectivity index (χ3n) is 5.16. The van der Waals surface area contributed by atoms with Crippen molar-refractivity contribution in [2.24, 2.45) is 12.0 Å². The van der Waals surface area contributed by atoms with Gasteiger partial charge in [-0.25, -0.2) is 4.39 Å². The Labute approximate surface area is 171 Å². The van der Waals surface area contributed by atoms with Gasteiger partial charge < -0.3 is 14.4 Å². The summed E-state index contributed by atoms with van der Waals surface area (Å²) in [7, 11) is 3.20. The molecule has 0 amide bonds. The number of fused-ring (bicyclic) bond motifs is 3. The molecule has 0 aliphatic carbocycles. The fourth-order valence-corrected chi connectivity index (χ4v) is 3.68. The zero-order valence-electron chi connectivity index (χ0n) is 16.4. The highest BCUT2D eigenvalue weighted by molar-refractivity contribution is 6.17. The summed E-state index contributed by atoms with van der Waals surface area (Å²) in [5, 5.41) is 9.48. The number of halogens is 1. The molecule has 4 rings (SSSR count). The van der Waals surface area contributed by atoms with E-state index in [1.54, 1.807) is 38.6 Å². The molecule has 3 aromatic rings. The molecule has 2 heterocycles. The second kappa shape index (κ2) is 7.59. The summed E-state index contributed by atoms with van der Waals surface area (Å²) >= 11 is 0. The van der Waals surface area contributed by atoms with Crippen LogP contribution in [-0.2, 0) is 11.8 Å². The average molecular weight is 406 g/mol. The number of aliphatic carboxylic acids is 1. The zero-order chi connectivity index (χ0) is 21.4. The first-order valence-electron chi connectivity index (χ1n) is 9.32. The first kappa shape index (κ1) is 19.6. The molecule has 1 aliphatic heterocycles. The number of methoxy groups -OCH3 is 1. The van der Waals surface area contributed by atoms with Crippen LogP contribution in [0, 0.1) is 5.82 Å². The van der Waals surface area contributed by atoms with Crippen LogP contribution in [0.5, 0.6) is 5.75 Å². The van der Waals surface area contributed by atoms with E-state index in [4.69, 9.17) is 9.73 Å². The largest absolute Gasteiger partial charge is 0.497 e. The van der Waals surface area contributed by atoms with E-state index >= 15 is 0 Å². The molecule has 2 aromatic carbocycles. The summed E-state index contributed by atoms with van der Waals surface area (Å²) in [5.41, 5.74) is 3.67. The number of carboxylic acid groups (broad SMARTS) is 1. The third kappa shape index (κ3) is 3.50. The van der Waals surface area contributed by atoms with E-state index in [-0.39, 0.29) is 17.8 Å². The van der Waals surface area contributed by atoms with Crippen molar-refractivity contribution in [1.82, 2.24) is 4.57 Å². The smallest absolute Gasteiger partial charge is 0.305 e. The number of aliphatic imine (C=N–C) groups is 1. The Hall–Kier alpha value is -3.74. The minimum atomic E-state index is -1.03. The van der Waals surface area contributed by atoms with E-state index < -0.39 is 12.0 Å². The Bertz CT molecular complexity index is 1230. The van der Waals surface area contributed by atoms with E-state index in [2.05, 4.69) is 0 Å². The van der Waals surface area contributed by atoms with Crippen LogP contribution < -0.4 is 10.3 Å². The van der Waals surface area contributed by atoms with Crippen molar-refractivity contribution < 1.29 is 19.0 Å². The molecule has 30 heavy (non-hydrogen) atoms. The lowest BCUT2D eigenvalue weighted by atomic mass is 9.91. The number of hydrogen-bond acceptors (Lipinski definition) is 4.